The molecule has 2 N–H and O–H groups in total. The first kappa shape index (κ1) is 16.0. The van der Waals surface area contributed by atoms with Gasteiger partial charge < -0.3 is 15.3 Å². The summed E-state index contributed by atoms with van der Waals surface area (Å²) >= 11 is 5.94. The molecule has 0 saturated carbocycles. The van der Waals surface area contributed by atoms with Gasteiger partial charge in [-0.3, -0.25) is 4.90 Å². The van der Waals surface area contributed by atoms with Gasteiger partial charge in [-0.25, -0.2) is 9.78 Å². The first-order valence-corrected chi connectivity index (χ1v) is 7.43. The number of amides is 2. The number of anilines is 1. The van der Waals surface area contributed by atoms with Gasteiger partial charge in [-0.1, -0.05) is 11.6 Å². The minimum Gasteiger partial charge on any atom is -0.392 e. The number of pyridine rings is 1. The maximum atomic E-state index is 12.3. The molecule has 1 saturated heterocycles. The van der Waals surface area contributed by atoms with E-state index in [9.17, 15) is 9.90 Å². The predicted molar refractivity (Wildman–Crippen MR) is 82.6 cm³/mol. The number of carbonyl (C=O) groups is 1. The van der Waals surface area contributed by atoms with Crippen LogP contribution in [0.5, 0.6) is 0 Å². The summed E-state index contributed by atoms with van der Waals surface area (Å²) in [6.45, 7) is 6.53. The Morgan fingerprint density at radius 3 is 3.00 bits per heavy atom. The molecular formula is C14H21ClN4O2. The maximum Gasteiger partial charge on any atom is 0.322 e. The molecule has 0 aromatic carbocycles. The van der Waals surface area contributed by atoms with E-state index < -0.39 is 0 Å². The Balaban J connectivity index is 1.93. The molecule has 2 heterocycles. The van der Waals surface area contributed by atoms with Crippen molar-refractivity contribution in [2.24, 2.45) is 0 Å². The van der Waals surface area contributed by atoms with Crippen LogP contribution in [0.2, 0.25) is 5.15 Å². The number of nitrogens with zero attached hydrogens (tertiary/aromatic N) is 3. The molecule has 1 fully saturated rings. The first-order chi connectivity index (χ1) is 9.97. The van der Waals surface area contributed by atoms with Crippen LogP contribution in [0.15, 0.2) is 18.3 Å². The van der Waals surface area contributed by atoms with E-state index in [1.54, 1.807) is 30.2 Å². The molecule has 1 aliphatic rings. The lowest BCUT2D eigenvalue weighted by molar-refractivity contribution is 0.0692. The summed E-state index contributed by atoms with van der Waals surface area (Å²) in [5, 5.41) is 12.5. The number of carbonyl (C=O) groups excluding carboxylic acids is 1. The van der Waals surface area contributed by atoms with E-state index in [0.717, 1.165) is 13.1 Å². The van der Waals surface area contributed by atoms with E-state index in [0.29, 0.717) is 18.8 Å². The van der Waals surface area contributed by atoms with E-state index in [2.05, 4.69) is 15.2 Å². The number of rotatable bonds is 3. The van der Waals surface area contributed by atoms with Crippen molar-refractivity contribution in [1.29, 1.82) is 0 Å². The molecule has 6 nitrogen and oxygen atoms in total. The minimum atomic E-state index is -0.355. The first-order valence-electron chi connectivity index (χ1n) is 7.06. The Bertz CT molecular complexity index is 498. The predicted octanol–water partition coefficient (Wildman–Crippen LogP) is 1.65. The summed E-state index contributed by atoms with van der Waals surface area (Å²) in [4.78, 5) is 20.2. The summed E-state index contributed by atoms with van der Waals surface area (Å²) in [7, 11) is 0. The maximum absolute atomic E-state index is 12.3. The van der Waals surface area contributed by atoms with Crippen LogP contribution in [0.3, 0.4) is 0 Å². The van der Waals surface area contributed by atoms with Crippen LogP contribution in [0.1, 0.15) is 13.8 Å². The number of aromatic nitrogens is 1. The molecule has 21 heavy (non-hydrogen) atoms. The molecule has 2 atom stereocenters. The Morgan fingerprint density at radius 1 is 1.62 bits per heavy atom. The highest BCUT2D eigenvalue weighted by molar-refractivity contribution is 6.32. The second-order valence-electron chi connectivity index (χ2n) is 5.42. The van der Waals surface area contributed by atoms with Crippen LogP contribution >= 0.6 is 11.6 Å². The standard InChI is InChI=1S/C14H21ClN4O2/c1-10-8-18(9-11(2)20)6-7-19(10)14(21)17-12-4-3-5-16-13(12)15/h3-5,10-11,20H,6-9H2,1-2H3,(H,17,21)/t10-,11-/m1/s1. The topological polar surface area (TPSA) is 68.7 Å². The number of hydrogen-bond acceptors (Lipinski definition) is 4. The SMILES string of the molecule is C[C@@H]1CN(C[C@@H](C)O)CCN1C(=O)Nc1cccnc1Cl. The smallest absolute Gasteiger partial charge is 0.322 e. The fraction of sp³-hybridized carbons (Fsp3) is 0.571. The largest absolute Gasteiger partial charge is 0.392 e. The van der Waals surface area contributed by atoms with Crippen LogP contribution in [-0.4, -0.2) is 64.2 Å². The van der Waals surface area contributed by atoms with Gasteiger partial charge in [-0.05, 0) is 26.0 Å². The average molecular weight is 313 g/mol. The van der Waals surface area contributed by atoms with Crippen molar-refractivity contribution < 1.29 is 9.90 Å². The second-order valence-corrected chi connectivity index (χ2v) is 5.78. The van der Waals surface area contributed by atoms with Gasteiger partial charge in [-0.2, -0.15) is 0 Å². The second kappa shape index (κ2) is 7.06. The summed E-state index contributed by atoms with van der Waals surface area (Å²) < 4.78 is 0. The Labute approximate surface area is 129 Å². The quantitative estimate of drug-likeness (QED) is 0.833. The van der Waals surface area contributed by atoms with Gasteiger partial charge in [0.2, 0.25) is 0 Å². The third-order valence-corrected chi connectivity index (χ3v) is 3.80. The van der Waals surface area contributed by atoms with E-state index in [4.69, 9.17) is 11.6 Å². The molecule has 0 aliphatic carbocycles. The van der Waals surface area contributed by atoms with Gasteiger partial charge >= 0.3 is 6.03 Å². The minimum absolute atomic E-state index is 0.0768. The van der Waals surface area contributed by atoms with Crippen LogP contribution in [0.4, 0.5) is 10.5 Å². The lowest BCUT2D eigenvalue weighted by atomic mass is 10.2. The van der Waals surface area contributed by atoms with E-state index in [1.807, 2.05) is 6.92 Å². The van der Waals surface area contributed by atoms with Crippen molar-refractivity contribution in [2.45, 2.75) is 26.0 Å². The molecule has 0 radical (unpaired) electrons. The third-order valence-electron chi connectivity index (χ3n) is 3.50. The zero-order chi connectivity index (χ0) is 15.4. The van der Waals surface area contributed by atoms with Gasteiger partial charge in [0.05, 0.1) is 11.8 Å². The van der Waals surface area contributed by atoms with E-state index in [-0.39, 0.29) is 23.3 Å². The van der Waals surface area contributed by atoms with Crippen molar-refractivity contribution >= 4 is 23.3 Å². The van der Waals surface area contributed by atoms with E-state index in [1.165, 1.54) is 0 Å². The Morgan fingerprint density at radius 2 is 2.38 bits per heavy atom. The van der Waals surface area contributed by atoms with Gasteiger partial charge in [0.15, 0.2) is 5.15 Å². The van der Waals surface area contributed by atoms with Crippen molar-refractivity contribution in [2.75, 3.05) is 31.5 Å². The Hall–Kier alpha value is -1.37. The van der Waals surface area contributed by atoms with Gasteiger partial charge in [0.25, 0.3) is 0 Å². The highest BCUT2D eigenvalue weighted by atomic mass is 35.5. The Kier molecular flexibility index (Phi) is 5.39. The number of aliphatic hydroxyl groups excluding tert-OH is 1. The van der Waals surface area contributed by atoms with Crippen molar-refractivity contribution in [3.8, 4) is 0 Å². The number of urea groups is 1. The fourth-order valence-corrected chi connectivity index (χ4v) is 2.71. The zero-order valence-corrected chi connectivity index (χ0v) is 13.0. The summed E-state index contributed by atoms with van der Waals surface area (Å²) in [6, 6.07) is 3.36. The zero-order valence-electron chi connectivity index (χ0n) is 12.3. The molecular weight excluding hydrogens is 292 g/mol. The molecule has 1 aromatic heterocycles. The number of piperazine rings is 1. The molecule has 0 spiro atoms. The van der Waals surface area contributed by atoms with Crippen molar-refractivity contribution in [3.63, 3.8) is 0 Å². The summed E-state index contributed by atoms with van der Waals surface area (Å²) in [5.41, 5.74) is 0.516. The molecule has 116 valence electrons. The molecule has 2 rings (SSSR count). The van der Waals surface area contributed by atoms with Crippen molar-refractivity contribution in [1.82, 2.24) is 14.8 Å². The van der Waals surface area contributed by atoms with Crippen LogP contribution in [0, 0.1) is 0 Å². The van der Waals surface area contributed by atoms with Crippen LogP contribution in [-0.2, 0) is 0 Å². The van der Waals surface area contributed by atoms with Crippen LogP contribution < -0.4 is 5.32 Å². The fourth-order valence-electron chi connectivity index (χ4n) is 2.54. The normalized spacial score (nSPS) is 21.1. The molecule has 1 aliphatic heterocycles. The molecule has 0 unspecified atom stereocenters. The number of hydrogen-bond donors (Lipinski definition) is 2. The summed E-state index contributed by atoms with van der Waals surface area (Å²) in [5.74, 6) is 0. The molecule has 2 amide bonds. The highest BCUT2D eigenvalue weighted by Gasteiger charge is 2.28. The lowest BCUT2D eigenvalue weighted by Gasteiger charge is -2.40. The molecule has 7 heteroatoms. The average Bonchev–Trinajstić information content (AvgIpc) is 2.40. The number of nitrogens with one attached hydrogen (secondary N) is 1. The number of aliphatic hydroxyl groups is 1. The van der Waals surface area contributed by atoms with E-state index >= 15 is 0 Å². The highest BCUT2D eigenvalue weighted by Crippen LogP contribution is 2.19. The van der Waals surface area contributed by atoms with Crippen molar-refractivity contribution in [3.05, 3.63) is 23.5 Å². The van der Waals surface area contributed by atoms with Gasteiger partial charge in [0.1, 0.15) is 0 Å². The van der Waals surface area contributed by atoms with Crippen LogP contribution in [0.25, 0.3) is 0 Å². The summed E-state index contributed by atoms with van der Waals surface area (Å²) in [6.07, 6.45) is 1.22. The molecule has 1 aromatic rings. The lowest BCUT2D eigenvalue weighted by Crippen LogP contribution is -2.56. The monoisotopic (exact) mass is 312 g/mol. The third kappa shape index (κ3) is 4.30. The number of β-amino-alcohol motifs (C(OH)–C–C–N with tert-alkyl or cyclic N) is 1. The number of halogens is 1. The van der Waals surface area contributed by atoms with Gasteiger partial charge in [0, 0.05) is 38.4 Å². The molecule has 0 bridgehead atoms. The van der Waals surface area contributed by atoms with Gasteiger partial charge in [-0.15, -0.1) is 0 Å².